The van der Waals surface area contributed by atoms with Crippen LogP contribution in [0.15, 0.2) is 17.5 Å². The van der Waals surface area contributed by atoms with Crippen LogP contribution in [0.25, 0.3) is 0 Å². The zero-order valence-electron chi connectivity index (χ0n) is 9.16. The second kappa shape index (κ2) is 6.88. The average molecular weight is 212 g/mol. The SMILES string of the molecule is CCCCCC(CC)Oc1cccs1. The predicted octanol–water partition coefficient (Wildman–Crippen LogP) is 4.49. The monoisotopic (exact) mass is 212 g/mol. The first-order valence-electron chi connectivity index (χ1n) is 5.57. The van der Waals surface area contributed by atoms with Crippen molar-refractivity contribution in [2.75, 3.05) is 0 Å². The predicted molar refractivity (Wildman–Crippen MR) is 63.2 cm³/mol. The van der Waals surface area contributed by atoms with Gasteiger partial charge in [0.15, 0.2) is 5.06 Å². The molecule has 1 unspecified atom stereocenters. The lowest BCUT2D eigenvalue weighted by Crippen LogP contribution is -2.14. The maximum atomic E-state index is 5.87. The topological polar surface area (TPSA) is 9.23 Å². The largest absolute Gasteiger partial charge is 0.481 e. The van der Waals surface area contributed by atoms with E-state index in [1.807, 2.05) is 12.1 Å². The molecule has 0 aliphatic heterocycles. The highest BCUT2D eigenvalue weighted by Gasteiger charge is 2.07. The Bertz CT molecular complexity index is 218. The van der Waals surface area contributed by atoms with Crippen LogP contribution in [-0.4, -0.2) is 6.10 Å². The molecule has 0 saturated heterocycles. The third-order valence-electron chi connectivity index (χ3n) is 2.36. The van der Waals surface area contributed by atoms with Gasteiger partial charge >= 0.3 is 0 Å². The summed E-state index contributed by atoms with van der Waals surface area (Å²) >= 11 is 1.68. The lowest BCUT2D eigenvalue weighted by Gasteiger charge is -2.15. The van der Waals surface area contributed by atoms with E-state index in [4.69, 9.17) is 4.74 Å². The lowest BCUT2D eigenvalue weighted by atomic mass is 10.1. The highest BCUT2D eigenvalue weighted by Crippen LogP contribution is 2.22. The van der Waals surface area contributed by atoms with Gasteiger partial charge in [0.05, 0.1) is 6.10 Å². The van der Waals surface area contributed by atoms with Gasteiger partial charge in [0, 0.05) is 0 Å². The van der Waals surface area contributed by atoms with Gasteiger partial charge < -0.3 is 4.74 Å². The third-order valence-corrected chi connectivity index (χ3v) is 3.12. The number of thiophene rings is 1. The van der Waals surface area contributed by atoms with Crippen LogP contribution in [0.2, 0.25) is 0 Å². The van der Waals surface area contributed by atoms with E-state index in [1.54, 1.807) is 11.3 Å². The molecule has 0 amide bonds. The van der Waals surface area contributed by atoms with E-state index in [9.17, 15) is 0 Å². The van der Waals surface area contributed by atoms with Crippen LogP contribution in [0.5, 0.6) is 5.06 Å². The van der Waals surface area contributed by atoms with E-state index >= 15 is 0 Å². The molecule has 1 nitrogen and oxygen atoms in total. The highest BCUT2D eigenvalue weighted by molar-refractivity contribution is 7.11. The van der Waals surface area contributed by atoms with E-state index in [2.05, 4.69) is 19.2 Å². The zero-order valence-corrected chi connectivity index (χ0v) is 9.98. The van der Waals surface area contributed by atoms with Crippen LogP contribution >= 0.6 is 11.3 Å². The minimum atomic E-state index is 0.417. The van der Waals surface area contributed by atoms with Gasteiger partial charge in [0.25, 0.3) is 0 Å². The van der Waals surface area contributed by atoms with Crippen molar-refractivity contribution in [3.63, 3.8) is 0 Å². The Kier molecular flexibility index (Phi) is 5.69. The van der Waals surface area contributed by atoms with E-state index in [0.717, 1.165) is 11.5 Å². The number of unbranched alkanes of at least 4 members (excludes halogenated alkanes) is 2. The summed E-state index contributed by atoms with van der Waals surface area (Å²) in [5.41, 5.74) is 0. The van der Waals surface area contributed by atoms with E-state index < -0.39 is 0 Å². The summed E-state index contributed by atoms with van der Waals surface area (Å²) in [5.74, 6) is 0. The molecule has 1 aromatic rings. The second-order valence-corrected chi connectivity index (χ2v) is 4.49. The zero-order chi connectivity index (χ0) is 10.2. The fourth-order valence-electron chi connectivity index (χ4n) is 1.46. The van der Waals surface area contributed by atoms with Crippen molar-refractivity contribution < 1.29 is 4.74 Å². The van der Waals surface area contributed by atoms with Crippen molar-refractivity contribution in [2.24, 2.45) is 0 Å². The maximum absolute atomic E-state index is 5.87. The Hall–Kier alpha value is -0.500. The molecule has 1 atom stereocenters. The molecule has 1 aromatic heterocycles. The standard InChI is InChI=1S/C12H20OS/c1-3-5-6-8-11(4-2)13-12-9-7-10-14-12/h7,9-11H,3-6,8H2,1-2H3. The molecule has 0 bridgehead atoms. The molecule has 0 aliphatic rings. The summed E-state index contributed by atoms with van der Waals surface area (Å²) in [6.45, 7) is 4.44. The molecule has 0 N–H and O–H groups in total. The van der Waals surface area contributed by atoms with Crippen molar-refractivity contribution in [3.8, 4) is 5.06 Å². The quantitative estimate of drug-likeness (QED) is 0.605. The molecular weight excluding hydrogens is 192 g/mol. The van der Waals surface area contributed by atoms with Gasteiger partial charge in [-0.1, -0.05) is 26.7 Å². The minimum Gasteiger partial charge on any atom is -0.481 e. The van der Waals surface area contributed by atoms with Gasteiger partial charge in [-0.25, -0.2) is 0 Å². The van der Waals surface area contributed by atoms with Crippen LogP contribution < -0.4 is 4.74 Å². The normalized spacial score (nSPS) is 12.7. The summed E-state index contributed by atoms with van der Waals surface area (Å²) < 4.78 is 5.87. The summed E-state index contributed by atoms with van der Waals surface area (Å²) in [5, 5.41) is 3.13. The molecule has 1 heterocycles. The highest BCUT2D eigenvalue weighted by atomic mass is 32.1. The molecule has 0 fully saturated rings. The number of hydrogen-bond acceptors (Lipinski definition) is 2. The Labute approximate surface area is 91.1 Å². The van der Waals surface area contributed by atoms with Crippen molar-refractivity contribution >= 4 is 11.3 Å². The van der Waals surface area contributed by atoms with Gasteiger partial charge in [-0.15, -0.1) is 11.3 Å². The summed E-state index contributed by atoms with van der Waals surface area (Å²) in [6.07, 6.45) is 6.63. The van der Waals surface area contributed by atoms with Gasteiger partial charge in [0.1, 0.15) is 0 Å². The molecule has 80 valence electrons. The second-order valence-electron chi connectivity index (χ2n) is 3.58. The lowest BCUT2D eigenvalue weighted by molar-refractivity contribution is 0.189. The van der Waals surface area contributed by atoms with Crippen LogP contribution in [0.4, 0.5) is 0 Å². The molecule has 0 saturated carbocycles. The molecule has 0 spiro atoms. The van der Waals surface area contributed by atoms with E-state index in [-0.39, 0.29) is 0 Å². The Morgan fingerprint density at radius 1 is 1.36 bits per heavy atom. The van der Waals surface area contributed by atoms with E-state index in [1.165, 1.54) is 25.7 Å². The first kappa shape index (κ1) is 11.6. The Balaban J connectivity index is 2.24. The fourth-order valence-corrected chi connectivity index (χ4v) is 2.10. The van der Waals surface area contributed by atoms with Gasteiger partial charge in [-0.05, 0) is 36.8 Å². The van der Waals surface area contributed by atoms with Gasteiger partial charge in [-0.2, -0.15) is 0 Å². The van der Waals surface area contributed by atoms with Gasteiger partial charge in [-0.3, -0.25) is 0 Å². The van der Waals surface area contributed by atoms with Crippen molar-refractivity contribution in [1.82, 2.24) is 0 Å². The minimum absolute atomic E-state index is 0.417. The summed E-state index contributed by atoms with van der Waals surface area (Å²) in [7, 11) is 0. The van der Waals surface area contributed by atoms with Crippen molar-refractivity contribution in [1.29, 1.82) is 0 Å². The van der Waals surface area contributed by atoms with Crippen LogP contribution in [0.1, 0.15) is 46.0 Å². The smallest absolute Gasteiger partial charge is 0.174 e. The van der Waals surface area contributed by atoms with Crippen LogP contribution in [0.3, 0.4) is 0 Å². The number of hydrogen-bond donors (Lipinski definition) is 0. The molecule has 1 rings (SSSR count). The van der Waals surface area contributed by atoms with Crippen LogP contribution in [-0.2, 0) is 0 Å². The molecule has 0 radical (unpaired) electrons. The molecule has 14 heavy (non-hydrogen) atoms. The number of rotatable bonds is 7. The summed E-state index contributed by atoms with van der Waals surface area (Å²) in [4.78, 5) is 0. The first-order valence-corrected chi connectivity index (χ1v) is 6.45. The average Bonchev–Trinajstić information content (AvgIpc) is 2.69. The number of ether oxygens (including phenoxy) is 1. The third kappa shape index (κ3) is 4.14. The molecule has 0 aliphatic carbocycles. The fraction of sp³-hybridized carbons (Fsp3) is 0.667. The van der Waals surface area contributed by atoms with E-state index in [0.29, 0.717) is 6.10 Å². The maximum Gasteiger partial charge on any atom is 0.174 e. The molecule has 2 heteroatoms. The summed E-state index contributed by atoms with van der Waals surface area (Å²) in [6, 6.07) is 4.09. The Morgan fingerprint density at radius 3 is 2.79 bits per heavy atom. The molecular formula is C12H20OS. The molecule has 0 aromatic carbocycles. The van der Waals surface area contributed by atoms with Gasteiger partial charge in [0.2, 0.25) is 0 Å². The van der Waals surface area contributed by atoms with Crippen LogP contribution in [0, 0.1) is 0 Å². The van der Waals surface area contributed by atoms with Crippen molar-refractivity contribution in [3.05, 3.63) is 17.5 Å². The van der Waals surface area contributed by atoms with Crippen molar-refractivity contribution in [2.45, 2.75) is 52.1 Å². The Morgan fingerprint density at radius 2 is 2.21 bits per heavy atom. The first-order chi connectivity index (χ1) is 6.86.